The van der Waals surface area contributed by atoms with Crippen LogP contribution in [0.4, 0.5) is 0 Å². The van der Waals surface area contributed by atoms with Gasteiger partial charge in [-0.05, 0) is 111 Å². The Morgan fingerprint density at radius 2 is 1.67 bits per heavy atom. The molecule has 0 N–H and O–H groups in total. The van der Waals surface area contributed by atoms with Crippen molar-refractivity contribution in [1.82, 2.24) is 0 Å². The van der Waals surface area contributed by atoms with Gasteiger partial charge in [-0.25, -0.2) is 0 Å². The van der Waals surface area contributed by atoms with Crippen molar-refractivity contribution >= 4 is 0 Å². The van der Waals surface area contributed by atoms with Gasteiger partial charge in [-0.15, -0.1) is 0 Å². The molecule has 0 saturated heterocycles. The number of hydrogen-bond acceptors (Lipinski definition) is 0. The molecule has 0 heterocycles. The van der Waals surface area contributed by atoms with Gasteiger partial charge in [0.15, 0.2) is 0 Å². The van der Waals surface area contributed by atoms with Crippen molar-refractivity contribution in [1.29, 1.82) is 0 Å². The van der Waals surface area contributed by atoms with Crippen molar-refractivity contribution in [2.24, 2.45) is 35.0 Å². The summed E-state index contributed by atoms with van der Waals surface area (Å²) in [7, 11) is 0. The lowest BCUT2D eigenvalue weighted by Crippen LogP contribution is -2.44. The van der Waals surface area contributed by atoms with Crippen LogP contribution in [0.5, 0.6) is 0 Å². The summed E-state index contributed by atoms with van der Waals surface area (Å²) in [5.74, 6) is 3.75. The van der Waals surface area contributed by atoms with Crippen molar-refractivity contribution in [2.75, 3.05) is 0 Å². The molecule has 0 amide bonds. The molecule has 156 valence electrons. The van der Waals surface area contributed by atoms with Crippen molar-refractivity contribution in [3.05, 3.63) is 83.1 Å². The summed E-state index contributed by atoms with van der Waals surface area (Å²) >= 11 is 0. The summed E-state index contributed by atoms with van der Waals surface area (Å²) < 4.78 is 0. The fraction of sp³-hybridized carbons (Fsp3) is 0.533. The number of hydrogen-bond donors (Lipinski definition) is 0. The van der Waals surface area contributed by atoms with E-state index in [9.17, 15) is 0 Å². The molecular weight excluding hydrogens is 360 g/mol. The molecule has 30 heavy (non-hydrogen) atoms. The van der Waals surface area contributed by atoms with Gasteiger partial charge in [0.1, 0.15) is 0 Å². The predicted molar refractivity (Wildman–Crippen MR) is 127 cm³/mol. The van der Waals surface area contributed by atoms with Crippen LogP contribution in [0.1, 0.15) is 64.7 Å². The third-order valence-electron chi connectivity index (χ3n) is 9.35. The van der Waals surface area contributed by atoms with Gasteiger partial charge in [-0.1, -0.05) is 66.3 Å². The minimum atomic E-state index is 0.326. The summed E-state index contributed by atoms with van der Waals surface area (Å²) in [6.07, 6.45) is 36.9. The van der Waals surface area contributed by atoms with Crippen LogP contribution >= 0.6 is 0 Å². The molecule has 0 aliphatic heterocycles. The van der Waals surface area contributed by atoms with Crippen LogP contribution in [-0.2, 0) is 0 Å². The van der Waals surface area contributed by atoms with Gasteiger partial charge in [-0.2, -0.15) is 0 Å². The van der Waals surface area contributed by atoms with Crippen molar-refractivity contribution in [2.45, 2.75) is 64.7 Å². The quantitative estimate of drug-likeness (QED) is 0.414. The maximum Gasteiger partial charge on any atom is 0.00869 e. The Bertz CT molecular complexity index is 929. The topological polar surface area (TPSA) is 0 Å². The maximum atomic E-state index is 2.76. The standard InChI is InChI=1S/C30H36/c1-21-15-18-24(19-16-21)30(23-10-3-2-4-11-23)27-14-8-7-13-26(27)29-25-12-6-5-9-22(25)17-20-28(29)30/h2-3,6-8,12,15-16,18,20,22-24,26-27H,4-5,9-11,13-14,17,19H2,1H3. The lowest BCUT2D eigenvalue weighted by molar-refractivity contribution is 0.0571. The molecule has 0 nitrogen and oxygen atoms in total. The van der Waals surface area contributed by atoms with Crippen molar-refractivity contribution in [3.8, 4) is 0 Å². The Morgan fingerprint density at radius 1 is 0.800 bits per heavy atom. The highest BCUT2D eigenvalue weighted by Crippen LogP contribution is 2.69. The van der Waals surface area contributed by atoms with E-state index in [0.29, 0.717) is 11.3 Å². The normalized spacial score (nSPS) is 41.8. The monoisotopic (exact) mass is 396 g/mol. The van der Waals surface area contributed by atoms with Crippen LogP contribution in [0, 0.1) is 35.0 Å². The van der Waals surface area contributed by atoms with Crippen LogP contribution in [0.3, 0.4) is 0 Å². The second-order valence-electron chi connectivity index (χ2n) is 10.6. The number of rotatable bonds is 2. The number of fused-ring (bicyclic) bond motifs is 4. The smallest absolute Gasteiger partial charge is 0.00869 e. The second-order valence-corrected chi connectivity index (χ2v) is 10.6. The average molecular weight is 397 g/mol. The SMILES string of the molecule is CC1=CCC(C2(C3CC=CCC3)C3=CCC4CCC=CC4=C3C3CC=CCC32)C=C1. The van der Waals surface area contributed by atoms with Gasteiger partial charge in [0.2, 0.25) is 0 Å². The van der Waals surface area contributed by atoms with Gasteiger partial charge >= 0.3 is 0 Å². The highest BCUT2D eigenvalue weighted by Gasteiger charge is 2.61. The van der Waals surface area contributed by atoms with Crippen LogP contribution in [0.15, 0.2) is 83.1 Å². The van der Waals surface area contributed by atoms with Crippen molar-refractivity contribution < 1.29 is 0 Å². The Kier molecular flexibility index (Phi) is 4.66. The first-order chi connectivity index (χ1) is 14.8. The highest BCUT2D eigenvalue weighted by atomic mass is 14.6. The first-order valence-corrected chi connectivity index (χ1v) is 12.6. The summed E-state index contributed by atoms with van der Waals surface area (Å²) in [6.45, 7) is 2.27. The van der Waals surface area contributed by atoms with E-state index in [-0.39, 0.29) is 0 Å². The van der Waals surface area contributed by atoms with Gasteiger partial charge in [0.25, 0.3) is 0 Å². The summed E-state index contributed by atoms with van der Waals surface area (Å²) in [5.41, 5.74) is 7.14. The van der Waals surface area contributed by atoms with Gasteiger partial charge in [-0.3, -0.25) is 0 Å². The molecule has 6 aliphatic carbocycles. The zero-order valence-electron chi connectivity index (χ0n) is 18.5. The van der Waals surface area contributed by atoms with E-state index in [1.54, 1.807) is 5.57 Å². The van der Waals surface area contributed by atoms with E-state index in [1.807, 2.05) is 11.1 Å². The molecule has 0 aromatic heterocycles. The third-order valence-corrected chi connectivity index (χ3v) is 9.35. The Balaban J connectivity index is 1.57. The molecule has 6 atom stereocenters. The molecular formula is C30H36. The van der Waals surface area contributed by atoms with E-state index < -0.39 is 0 Å². The fourth-order valence-corrected chi connectivity index (χ4v) is 8.17. The van der Waals surface area contributed by atoms with Gasteiger partial charge < -0.3 is 0 Å². The van der Waals surface area contributed by atoms with Crippen LogP contribution in [0.25, 0.3) is 0 Å². The lowest BCUT2D eigenvalue weighted by Gasteiger charge is -2.51. The zero-order chi connectivity index (χ0) is 20.1. The minimum absolute atomic E-state index is 0.326. The Morgan fingerprint density at radius 3 is 2.50 bits per heavy atom. The van der Waals surface area contributed by atoms with Gasteiger partial charge in [0, 0.05) is 5.41 Å². The maximum absolute atomic E-state index is 2.76. The molecule has 0 bridgehead atoms. The highest BCUT2D eigenvalue weighted by molar-refractivity contribution is 5.57. The number of allylic oxidation sites excluding steroid dienone is 14. The Labute approximate surface area is 182 Å². The molecule has 1 fully saturated rings. The second kappa shape index (κ2) is 7.40. The van der Waals surface area contributed by atoms with Crippen LogP contribution in [0.2, 0.25) is 0 Å². The lowest BCUT2D eigenvalue weighted by atomic mass is 9.53. The molecule has 0 heteroatoms. The average Bonchev–Trinajstić information content (AvgIpc) is 3.12. The minimum Gasteiger partial charge on any atom is -0.0885 e. The van der Waals surface area contributed by atoms with E-state index in [2.05, 4.69) is 67.7 Å². The molecule has 0 aromatic rings. The van der Waals surface area contributed by atoms with E-state index >= 15 is 0 Å². The molecule has 0 aromatic carbocycles. The summed E-state index contributed by atoms with van der Waals surface area (Å²) in [5, 5.41) is 0. The van der Waals surface area contributed by atoms with Crippen LogP contribution in [-0.4, -0.2) is 0 Å². The molecule has 6 unspecified atom stereocenters. The first kappa shape index (κ1) is 18.9. The van der Waals surface area contributed by atoms with Gasteiger partial charge in [0.05, 0.1) is 0 Å². The molecule has 0 spiro atoms. The predicted octanol–water partition coefficient (Wildman–Crippen LogP) is 8.04. The van der Waals surface area contributed by atoms with E-state index in [1.165, 1.54) is 63.4 Å². The molecule has 6 rings (SSSR count). The molecule has 6 aliphatic rings. The first-order valence-electron chi connectivity index (χ1n) is 12.6. The fourth-order valence-electron chi connectivity index (χ4n) is 8.17. The van der Waals surface area contributed by atoms with E-state index in [0.717, 1.165) is 23.7 Å². The van der Waals surface area contributed by atoms with Crippen LogP contribution < -0.4 is 0 Å². The van der Waals surface area contributed by atoms with E-state index in [4.69, 9.17) is 0 Å². The molecule has 0 radical (unpaired) electrons. The van der Waals surface area contributed by atoms with Crippen molar-refractivity contribution in [3.63, 3.8) is 0 Å². The zero-order valence-corrected chi connectivity index (χ0v) is 18.5. The summed E-state index contributed by atoms with van der Waals surface area (Å²) in [6, 6.07) is 0. The third kappa shape index (κ3) is 2.65. The largest absolute Gasteiger partial charge is 0.0885 e. The Hall–Kier alpha value is -1.82. The molecule has 1 saturated carbocycles. The summed E-state index contributed by atoms with van der Waals surface area (Å²) in [4.78, 5) is 0.